The van der Waals surface area contributed by atoms with Gasteiger partial charge in [0.25, 0.3) is 10.0 Å². The van der Waals surface area contributed by atoms with Crippen molar-refractivity contribution in [1.29, 1.82) is 0 Å². The first-order valence-electron chi connectivity index (χ1n) is 8.86. The molecule has 4 rings (SSSR count). The number of piperazine rings is 1. The number of hydrogen-bond acceptors (Lipinski definition) is 5. The van der Waals surface area contributed by atoms with E-state index >= 15 is 0 Å². The Hall–Kier alpha value is -2.00. The SMILES string of the molecule is C[C@H](C(=O)c1c[nH]c2ccccc12)N1CCN(S(=O)(=O)c2cccs2)CC1. The minimum atomic E-state index is -3.42. The van der Waals surface area contributed by atoms with Crippen molar-refractivity contribution < 1.29 is 13.2 Å². The van der Waals surface area contributed by atoms with Gasteiger partial charge in [0.2, 0.25) is 0 Å². The molecule has 0 amide bonds. The molecule has 27 heavy (non-hydrogen) atoms. The van der Waals surface area contributed by atoms with Gasteiger partial charge in [-0.25, -0.2) is 8.42 Å². The zero-order valence-corrected chi connectivity index (χ0v) is 16.6. The largest absolute Gasteiger partial charge is 0.360 e. The van der Waals surface area contributed by atoms with E-state index in [0.717, 1.165) is 10.9 Å². The van der Waals surface area contributed by atoms with Crippen molar-refractivity contribution in [2.75, 3.05) is 26.2 Å². The first-order chi connectivity index (χ1) is 13.0. The zero-order chi connectivity index (χ0) is 19.0. The Labute approximate surface area is 162 Å². The van der Waals surface area contributed by atoms with Gasteiger partial charge < -0.3 is 4.98 Å². The van der Waals surface area contributed by atoms with E-state index in [1.807, 2.05) is 31.2 Å². The van der Waals surface area contributed by atoms with Gasteiger partial charge in [-0.3, -0.25) is 9.69 Å². The van der Waals surface area contributed by atoms with Crippen LogP contribution in [0.2, 0.25) is 0 Å². The third kappa shape index (κ3) is 3.34. The van der Waals surface area contributed by atoms with Crippen molar-refractivity contribution in [3.63, 3.8) is 0 Å². The van der Waals surface area contributed by atoms with Crippen LogP contribution in [0.5, 0.6) is 0 Å². The van der Waals surface area contributed by atoms with Crippen molar-refractivity contribution in [3.05, 3.63) is 53.5 Å². The molecule has 1 fully saturated rings. The Morgan fingerprint density at radius 1 is 1.11 bits per heavy atom. The summed E-state index contributed by atoms with van der Waals surface area (Å²) in [5.74, 6) is 0.0574. The van der Waals surface area contributed by atoms with Gasteiger partial charge in [-0.2, -0.15) is 4.31 Å². The van der Waals surface area contributed by atoms with E-state index < -0.39 is 10.0 Å². The van der Waals surface area contributed by atoms with Crippen LogP contribution in [-0.4, -0.2) is 60.6 Å². The molecule has 1 aliphatic heterocycles. The van der Waals surface area contributed by atoms with Crippen molar-refractivity contribution in [3.8, 4) is 0 Å². The van der Waals surface area contributed by atoms with E-state index in [2.05, 4.69) is 9.88 Å². The molecule has 0 aliphatic carbocycles. The molecule has 1 atom stereocenters. The van der Waals surface area contributed by atoms with Crippen LogP contribution in [-0.2, 0) is 10.0 Å². The smallest absolute Gasteiger partial charge is 0.252 e. The number of aromatic nitrogens is 1. The molecule has 1 N–H and O–H groups in total. The zero-order valence-electron chi connectivity index (χ0n) is 15.0. The fourth-order valence-electron chi connectivity index (χ4n) is 3.53. The second-order valence-corrected chi connectivity index (χ2v) is 9.77. The van der Waals surface area contributed by atoms with E-state index in [1.165, 1.54) is 15.6 Å². The van der Waals surface area contributed by atoms with Gasteiger partial charge in [-0.1, -0.05) is 24.3 Å². The molecule has 3 heterocycles. The highest BCUT2D eigenvalue weighted by Gasteiger charge is 2.32. The first kappa shape index (κ1) is 18.4. The summed E-state index contributed by atoms with van der Waals surface area (Å²) in [7, 11) is -3.42. The highest BCUT2D eigenvalue weighted by atomic mass is 32.2. The number of nitrogens with one attached hydrogen (secondary N) is 1. The minimum Gasteiger partial charge on any atom is -0.360 e. The van der Waals surface area contributed by atoms with E-state index in [1.54, 1.807) is 23.7 Å². The molecule has 2 aromatic heterocycles. The van der Waals surface area contributed by atoms with Crippen molar-refractivity contribution in [2.24, 2.45) is 0 Å². The summed E-state index contributed by atoms with van der Waals surface area (Å²) in [6.07, 6.45) is 1.76. The molecule has 0 unspecified atom stereocenters. The van der Waals surface area contributed by atoms with Gasteiger partial charge in [-0.15, -0.1) is 11.3 Å². The summed E-state index contributed by atoms with van der Waals surface area (Å²) in [5.41, 5.74) is 1.63. The predicted molar refractivity (Wildman–Crippen MR) is 107 cm³/mol. The molecular formula is C19H21N3O3S2. The predicted octanol–water partition coefficient (Wildman–Crippen LogP) is 2.81. The van der Waals surface area contributed by atoms with Crippen LogP contribution in [0.3, 0.4) is 0 Å². The Morgan fingerprint density at radius 3 is 2.56 bits per heavy atom. The van der Waals surface area contributed by atoms with E-state index in [-0.39, 0.29) is 11.8 Å². The maximum Gasteiger partial charge on any atom is 0.252 e. The van der Waals surface area contributed by atoms with Crippen LogP contribution in [0.15, 0.2) is 52.2 Å². The quantitative estimate of drug-likeness (QED) is 0.665. The summed E-state index contributed by atoms with van der Waals surface area (Å²) in [5, 5.41) is 2.69. The Morgan fingerprint density at radius 2 is 1.85 bits per heavy atom. The summed E-state index contributed by atoms with van der Waals surface area (Å²) < 4.78 is 27.2. The fourth-order valence-corrected chi connectivity index (χ4v) is 6.10. The number of aromatic amines is 1. The average Bonchev–Trinajstić information content (AvgIpc) is 3.37. The van der Waals surface area contributed by atoms with Gasteiger partial charge in [-0.05, 0) is 24.4 Å². The van der Waals surface area contributed by atoms with E-state index in [4.69, 9.17) is 0 Å². The number of ketones is 1. The summed E-state index contributed by atoms with van der Waals surface area (Å²) in [4.78, 5) is 18.2. The lowest BCUT2D eigenvalue weighted by molar-refractivity contribution is 0.0784. The van der Waals surface area contributed by atoms with Crippen LogP contribution in [0.4, 0.5) is 0 Å². The molecule has 1 saturated heterocycles. The number of nitrogens with zero attached hydrogens (tertiary/aromatic N) is 2. The Kier molecular flexibility index (Phi) is 4.90. The first-order valence-corrected chi connectivity index (χ1v) is 11.2. The summed E-state index contributed by atoms with van der Waals surface area (Å²) >= 11 is 1.23. The fraction of sp³-hybridized carbons (Fsp3) is 0.316. The lowest BCUT2D eigenvalue weighted by Crippen LogP contribution is -2.52. The molecule has 142 valence electrons. The topological polar surface area (TPSA) is 73.5 Å². The van der Waals surface area contributed by atoms with Crippen LogP contribution in [0.1, 0.15) is 17.3 Å². The van der Waals surface area contributed by atoms with Gasteiger partial charge in [0, 0.05) is 48.8 Å². The lowest BCUT2D eigenvalue weighted by atomic mass is 10.0. The molecule has 6 nitrogen and oxygen atoms in total. The number of H-pyrrole nitrogens is 1. The van der Waals surface area contributed by atoms with Crippen LogP contribution >= 0.6 is 11.3 Å². The number of carbonyl (C=O) groups is 1. The molecule has 8 heteroatoms. The molecular weight excluding hydrogens is 382 g/mol. The number of hydrogen-bond donors (Lipinski definition) is 1. The normalized spacial score (nSPS) is 18.0. The molecule has 1 aromatic carbocycles. The highest BCUT2D eigenvalue weighted by molar-refractivity contribution is 7.91. The Bertz CT molecular complexity index is 1050. The van der Waals surface area contributed by atoms with Crippen molar-refractivity contribution in [2.45, 2.75) is 17.2 Å². The molecule has 0 saturated carbocycles. The maximum absolute atomic E-state index is 13.0. The summed E-state index contributed by atoms with van der Waals surface area (Å²) in [6.45, 7) is 3.77. The van der Waals surface area contributed by atoms with Gasteiger partial charge in [0.15, 0.2) is 5.78 Å². The Balaban J connectivity index is 1.46. The standard InChI is InChI=1S/C19H21N3O3S2/c1-14(19(23)16-13-20-17-6-3-2-5-15(16)17)21-8-10-22(11-9-21)27(24,25)18-7-4-12-26-18/h2-7,12-14,20H,8-11H2,1H3/t14-/m1/s1. The number of para-hydroxylation sites is 1. The number of sulfonamides is 1. The van der Waals surface area contributed by atoms with Crippen molar-refractivity contribution >= 4 is 38.0 Å². The van der Waals surface area contributed by atoms with Crippen LogP contribution < -0.4 is 0 Å². The number of Topliss-reactive ketones (excluding diaryl/α,β-unsaturated/α-hetero) is 1. The molecule has 0 radical (unpaired) electrons. The number of rotatable bonds is 5. The molecule has 0 spiro atoms. The third-order valence-corrected chi connectivity index (χ3v) is 8.42. The second kappa shape index (κ2) is 7.20. The molecule has 1 aliphatic rings. The van der Waals surface area contributed by atoms with Gasteiger partial charge >= 0.3 is 0 Å². The molecule has 0 bridgehead atoms. The maximum atomic E-state index is 13.0. The second-order valence-electron chi connectivity index (χ2n) is 6.66. The molecule has 3 aromatic rings. The van der Waals surface area contributed by atoms with Crippen LogP contribution in [0.25, 0.3) is 10.9 Å². The minimum absolute atomic E-state index is 0.0574. The average molecular weight is 404 g/mol. The van der Waals surface area contributed by atoms with Crippen LogP contribution in [0, 0.1) is 0 Å². The van der Waals surface area contributed by atoms with E-state index in [9.17, 15) is 13.2 Å². The number of fused-ring (bicyclic) bond motifs is 1. The van der Waals surface area contributed by atoms with Gasteiger partial charge in [0.1, 0.15) is 4.21 Å². The monoisotopic (exact) mass is 403 g/mol. The number of carbonyl (C=O) groups excluding carboxylic acids is 1. The third-order valence-electron chi connectivity index (χ3n) is 5.14. The lowest BCUT2D eigenvalue weighted by Gasteiger charge is -2.36. The number of benzene rings is 1. The van der Waals surface area contributed by atoms with Crippen molar-refractivity contribution in [1.82, 2.24) is 14.2 Å². The number of thiophene rings is 1. The summed E-state index contributed by atoms with van der Waals surface area (Å²) in [6, 6.07) is 10.8. The highest BCUT2D eigenvalue weighted by Crippen LogP contribution is 2.24. The van der Waals surface area contributed by atoms with E-state index in [0.29, 0.717) is 36.0 Å². The van der Waals surface area contributed by atoms with Gasteiger partial charge in [0.05, 0.1) is 6.04 Å².